The van der Waals surface area contributed by atoms with Crippen molar-refractivity contribution in [1.82, 2.24) is 15.0 Å². The van der Waals surface area contributed by atoms with E-state index in [2.05, 4.69) is 194 Å². The van der Waals surface area contributed by atoms with E-state index in [-0.39, 0.29) is 0 Å². The Balaban J connectivity index is 0.900. The average Bonchev–Trinajstić information content (AvgIpc) is 4.01. The normalized spacial score (nSPS) is 12.0. The Morgan fingerprint density at radius 3 is 1.51 bits per heavy atom. The molecule has 0 aliphatic rings. The van der Waals surface area contributed by atoms with Crippen LogP contribution in [0.25, 0.3) is 154 Å². The Bertz CT molecular complexity index is 4650. The molecule has 15 aromatic rings. The highest BCUT2D eigenvalue weighted by molar-refractivity contribution is 6.35. The molecule has 3 aromatic heterocycles. The standard InChI is InChI=1S/C65H37N3O2/c1-2-15-40(16-3-1)63-66-64(68-65(67-63)44-31-32-51-53-33-30-38-14-6-7-20-46(38)61(53)69-57(51)36-44)41-28-26-39(27-29-41)45-19-8-9-21-47(45)54-37-55-50-24-11-10-22-48(50)49-23-12-13-25-52(49)59(55)62-60(54)56-34-42-17-4-5-18-43(42)35-58(56)70-62/h1-37H. The van der Waals surface area contributed by atoms with E-state index in [1.165, 1.54) is 32.3 Å². The van der Waals surface area contributed by atoms with Crippen LogP contribution in [-0.4, -0.2) is 15.0 Å². The quantitative estimate of drug-likeness (QED) is 0.161. The van der Waals surface area contributed by atoms with E-state index in [0.29, 0.717) is 17.5 Å². The van der Waals surface area contributed by atoms with Gasteiger partial charge < -0.3 is 8.83 Å². The molecule has 0 aliphatic heterocycles. The van der Waals surface area contributed by atoms with Crippen molar-refractivity contribution in [3.8, 4) is 56.4 Å². The molecule has 0 unspecified atom stereocenters. The molecule has 3 heterocycles. The fourth-order valence-electron chi connectivity index (χ4n) is 11.0. The summed E-state index contributed by atoms with van der Waals surface area (Å²) in [6.07, 6.45) is 0. The minimum absolute atomic E-state index is 0.575. The smallest absolute Gasteiger partial charge is 0.164 e. The van der Waals surface area contributed by atoms with E-state index in [4.69, 9.17) is 23.8 Å². The number of hydrogen-bond acceptors (Lipinski definition) is 5. The predicted octanol–water partition coefficient (Wildman–Crippen LogP) is 17.8. The largest absolute Gasteiger partial charge is 0.455 e. The van der Waals surface area contributed by atoms with Crippen LogP contribution in [0.3, 0.4) is 0 Å². The topological polar surface area (TPSA) is 65.0 Å². The molecule has 0 bridgehead atoms. The number of fused-ring (bicyclic) bond motifs is 16. The summed E-state index contributed by atoms with van der Waals surface area (Å²) in [7, 11) is 0. The maximum Gasteiger partial charge on any atom is 0.164 e. The molecule has 0 spiro atoms. The molecule has 324 valence electrons. The number of hydrogen-bond donors (Lipinski definition) is 0. The molecular weight excluding hydrogens is 855 g/mol. The molecule has 0 atom stereocenters. The van der Waals surface area contributed by atoms with Crippen LogP contribution in [-0.2, 0) is 0 Å². The van der Waals surface area contributed by atoms with Crippen molar-refractivity contribution in [3.63, 3.8) is 0 Å². The van der Waals surface area contributed by atoms with Gasteiger partial charge >= 0.3 is 0 Å². The van der Waals surface area contributed by atoms with Gasteiger partial charge in [-0.3, -0.25) is 0 Å². The Morgan fingerprint density at radius 2 is 0.757 bits per heavy atom. The first-order valence-electron chi connectivity index (χ1n) is 23.7. The first-order chi connectivity index (χ1) is 34.7. The van der Waals surface area contributed by atoms with Crippen molar-refractivity contribution in [1.29, 1.82) is 0 Å². The van der Waals surface area contributed by atoms with Crippen LogP contribution >= 0.6 is 0 Å². The highest BCUT2D eigenvalue weighted by Gasteiger charge is 2.23. The third-order valence-electron chi connectivity index (χ3n) is 14.3. The first-order valence-corrected chi connectivity index (χ1v) is 23.7. The van der Waals surface area contributed by atoms with Gasteiger partial charge in [0.1, 0.15) is 22.3 Å². The second-order valence-corrected chi connectivity index (χ2v) is 18.2. The van der Waals surface area contributed by atoms with Gasteiger partial charge in [-0.25, -0.2) is 15.0 Å². The number of rotatable bonds is 5. The molecule has 12 aromatic carbocycles. The van der Waals surface area contributed by atoms with Crippen LogP contribution in [0.4, 0.5) is 0 Å². The van der Waals surface area contributed by atoms with E-state index in [0.717, 1.165) is 104 Å². The maximum absolute atomic E-state index is 7.11. The number of nitrogens with zero attached hydrogens (tertiary/aromatic N) is 3. The van der Waals surface area contributed by atoms with Gasteiger partial charge in [0.05, 0.1) is 0 Å². The lowest BCUT2D eigenvalue weighted by Gasteiger charge is -2.16. The molecule has 0 amide bonds. The Kier molecular flexibility index (Phi) is 8.29. The first kappa shape index (κ1) is 38.6. The zero-order chi connectivity index (χ0) is 45.9. The van der Waals surface area contributed by atoms with Crippen LogP contribution in [0.15, 0.2) is 233 Å². The minimum Gasteiger partial charge on any atom is -0.455 e. The zero-order valence-corrected chi connectivity index (χ0v) is 37.5. The summed E-state index contributed by atoms with van der Waals surface area (Å²) < 4.78 is 13.7. The van der Waals surface area contributed by atoms with Crippen molar-refractivity contribution in [2.45, 2.75) is 0 Å². The molecule has 0 radical (unpaired) electrons. The van der Waals surface area contributed by atoms with Crippen LogP contribution in [0.1, 0.15) is 0 Å². The molecule has 5 heteroatoms. The fraction of sp³-hybridized carbons (Fsp3) is 0. The summed E-state index contributed by atoms with van der Waals surface area (Å²) in [6.45, 7) is 0. The molecule has 0 aliphatic carbocycles. The monoisotopic (exact) mass is 891 g/mol. The van der Waals surface area contributed by atoms with Gasteiger partial charge in [-0.05, 0) is 102 Å². The lowest BCUT2D eigenvalue weighted by atomic mass is 9.87. The highest BCUT2D eigenvalue weighted by atomic mass is 16.3. The lowest BCUT2D eigenvalue weighted by molar-refractivity contribution is 0.672. The fourth-order valence-corrected chi connectivity index (χ4v) is 11.0. The van der Waals surface area contributed by atoms with E-state index >= 15 is 0 Å². The summed E-state index contributed by atoms with van der Waals surface area (Å²) in [5.41, 5.74) is 10.5. The summed E-state index contributed by atoms with van der Waals surface area (Å²) in [5.74, 6) is 1.77. The Hall–Kier alpha value is -9.45. The van der Waals surface area contributed by atoms with Crippen molar-refractivity contribution in [2.75, 3.05) is 0 Å². The van der Waals surface area contributed by atoms with Gasteiger partial charge in [0.15, 0.2) is 17.5 Å². The van der Waals surface area contributed by atoms with Gasteiger partial charge in [-0.2, -0.15) is 0 Å². The molecule has 0 fully saturated rings. The molecular formula is C65H37N3O2. The molecule has 15 rings (SSSR count). The van der Waals surface area contributed by atoms with Crippen molar-refractivity contribution in [3.05, 3.63) is 224 Å². The average molecular weight is 892 g/mol. The summed E-state index contributed by atoms with van der Waals surface area (Å²) in [5, 5.41) is 16.0. The Labute approximate surface area is 400 Å². The Morgan fingerprint density at radius 1 is 0.243 bits per heavy atom. The molecule has 0 saturated carbocycles. The summed E-state index contributed by atoms with van der Waals surface area (Å²) >= 11 is 0. The van der Waals surface area contributed by atoms with E-state index in [1.807, 2.05) is 30.3 Å². The van der Waals surface area contributed by atoms with Crippen LogP contribution in [0.5, 0.6) is 0 Å². The molecule has 5 nitrogen and oxygen atoms in total. The highest BCUT2D eigenvalue weighted by Crippen LogP contribution is 2.48. The predicted molar refractivity (Wildman–Crippen MR) is 289 cm³/mol. The van der Waals surface area contributed by atoms with E-state index in [1.54, 1.807) is 0 Å². The maximum atomic E-state index is 7.11. The molecule has 0 N–H and O–H groups in total. The van der Waals surface area contributed by atoms with E-state index in [9.17, 15) is 0 Å². The van der Waals surface area contributed by atoms with Gasteiger partial charge in [-0.15, -0.1) is 0 Å². The van der Waals surface area contributed by atoms with Crippen LogP contribution < -0.4 is 0 Å². The lowest BCUT2D eigenvalue weighted by Crippen LogP contribution is -2.00. The molecule has 70 heavy (non-hydrogen) atoms. The second-order valence-electron chi connectivity index (χ2n) is 18.2. The van der Waals surface area contributed by atoms with Gasteiger partial charge in [-0.1, -0.05) is 188 Å². The minimum atomic E-state index is 0.575. The second kappa shape index (κ2) is 15.0. The number of furan rings is 2. The summed E-state index contributed by atoms with van der Waals surface area (Å²) in [4.78, 5) is 15.3. The van der Waals surface area contributed by atoms with E-state index < -0.39 is 0 Å². The number of benzene rings is 12. The van der Waals surface area contributed by atoms with Crippen LogP contribution in [0, 0.1) is 0 Å². The molecule has 0 saturated heterocycles. The van der Waals surface area contributed by atoms with Gasteiger partial charge in [0, 0.05) is 49.0 Å². The third kappa shape index (κ3) is 5.88. The van der Waals surface area contributed by atoms with Gasteiger partial charge in [0.2, 0.25) is 0 Å². The number of aromatic nitrogens is 3. The van der Waals surface area contributed by atoms with Crippen molar-refractivity contribution in [2.24, 2.45) is 0 Å². The van der Waals surface area contributed by atoms with Gasteiger partial charge in [0.25, 0.3) is 0 Å². The zero-order valence-electron chi connectivity index (χ0n) is 37.5. The van der Waals surface area contributed by atoms with Crippen LogP contribution in [0.2, 0.25) is 0 Å². The van der Waals surface area contributed by atoms with Crippen molar-refractivity contribution < 1.29 is 8.83 Å². The summed E-state index contributed by atoms with van der Waals surface area (Å²) in [6, 6.07) is 79.3. The van der Waals surface area contributed by atoms with Crippen molar-refractivity contribution >= 4 is 97.7 Å². The SMILES string of the molecule is c1ccc(-c2nc(-c3ccc(-c4ccccc4-c4cc5c6ccccc6c6ccccc6c5c5oc6cc7ccccc7cc6c45)cc3)nc(-c3ccc4c(c3)oc3c5ccccc5ccc43)n2)cc1. The third-order valence-corrected chi connectivity index (χ3v) is 14.3.